The molecule has 0 fully saturated rings. The fraction of sp³-hybridized carbons (Fsp3) is 0.889. The van der Waals surface area contributed by atoms with Crippen molar-refractivity contribution in [1.29, 1.82) is 5.26 Å². The number of hydrogen-bond acceptors (Lipinski definition) is 3. The second-order valence-corrected chi connectivity index (χ2v) is 3.60. The summed E-state index contributed by atoms with van der Waals surface area (Å²) in [5, 5.41) is 11.8. The first-order valence-electron chi connectivity index (χ1n) is 4.34. The van der Waals surface area contributed by atoms with Crippen LogP contribution in [-0.4, -0.2) is 38.1 Å². The fourth-order valence-electron chi connectivity index (χ4n) is 1.04. The van der Waals surface area contributed by atoms with Crippen LogP contribution in [0.2, 0.25) is 0 Å². The highest BCUT2D eigenvalue weighted by Crippen LogP contribution is 1.91. The molecule has 0 rings (SSSR count). The maximum absolute atomic E-state index is 8.53. The topological polar surface area (TPSA) is 39.1 Å². The van der Waals surface area contributed by atoms with E-state index < -0.39 is 0 Å². The quantitative estimate of drug-likeness (QED) is 0.658. The van der Waals surface area contributed by atoms with E-state index in [1.165, 1.54) is 0 Å². The van der Waals surface area contributed by atoms with Gasteiger partial charge in [-0.05, 0) is 27.9 Å². The molecule has 0 aliphatic rings. The second-order valence-electron chi connectivity index (χ2n) is 3.60. The van der Waals surface area contributed by atoms with E-state index in [0.717, 1.165) is 13.1 Å². The van der Waals surface area contributed by atoms with E-state index in [9.17, 15) is 0 Å². The van der Waals surface area contributed by atoms with Gasteiger partial charge in [-0.3, -0.25) is 0 Å². The normalized spacial score (nSPS) is 15.7. The summed E-state index contributed by atoms with van der Waals surface area (Å²) in [6, 6.07) is 2.65. The molecule has 70 valence electrons. The smallest absolute Gasteiger partial charge is 0.0666 e. The molecule has 12 heavy (non-hydrogen) atoms. The Morgan fingerprint density at radius 3 is 2.42 bits per heavy atom. The predicted octanol–water partition coefficient (Wildman–Crippen LogP) is 0.686. The summed E-state index contributed by atoms with van der Waals surface area (Å²) in [5.74, 6) is 0.106. The Kier molecular flexibility index (Phi) is 5.69. The van der Waals surface area contributed by atoms with Crippen LogP contribution in [0.15, 0.2) is 0 Å². The number of nitrogens with one attached hydrogen (secondary N) is 1. The SMILES string of the molecule is CC(C#N)CNC(C)CN(C)C. The summed E-state index contributed by atoms with van der Waals surface area (Å²) in [4.78, 5) is 2.13. The van der Waals surface area contributed by atoms with Gasteiger partial charge in [0.15, 0.2) is 0 Å². The van der Waals surface area contributed by atoms with Crippen molar-refractivity contribution in [2.45, 2.75) is 19.9 Å². The lowest BCUT2D eigenvalue weighted by molar-refractivity contribution is 0.345. The molecule has 0 spiro atoms. The zero-order chi connectivity index (χ0) is 9.56. The van der Waals surface area contributed by atoms with Crippen molar-refractivity contribution < 1.29 is 0 Å². The van der Waals surface area contributed by atoms with Crippen molar-refractivity contribution in [2.24, 2.45) is 5.92 Å². The Balaban J connectivity index is 3.45. The van der Waals surface area contributed by atoms with E-state index in [4.69, 9.17) is 5.26 Å². The van der Waals surface area contributed by atoms with Crippen molar-refractivity contribution in [2.75, 3.05) is 27.2 Å². The third kappa shape index (κ3) is 6.14. The third-order valence-electron chi connectivity index (χ3n) is 1.63. The van der Waals surface area contributed by atoms with Gasteiger partial charge < -0.3 is 10.2 Å². The lowest BCUT2D eigenvalue weighted by atomic mass is 10.2. The molecule has 0 aromatic heterocycles. The van der Waals surface area contributed by atoms with Crippen molar-refractivity contribution >= 4 is 0 Å². The van der Waals surface area contributed by atoms with Gasteiger partial charge in [0.2, 0.25) is 0 Å². The standard InChI is InChI=1S/C9H19N3/c1-8(5-10)6-11-9(2)7-12(3)4/h8-9,11H,6-7H2,1-4H3. The van der Waals surface area contributed by atoms with Crippen molar-refractivity contribution in [3.63, 3.8) is 0 Å². The van der Waals surface area contributed by atoms with Gasteiger partial charge in [-0.25, -0.2) is 0 Å². The van der Waals surface area contributed by atoms with Crippen LogP contribution in [0.4, 0.5) is 0 Å². The highest BCUT2D eigenvalue weighted by Gasteiger charge is 2.04. The minimum absolute atomic E-state index is 0.106. The third-order valence-corrected chi connectivity index (χ3v) is 1.63. The number of nitrogens with zero attached hydrogens (tertiary/aromatic N) is 2. The first-order chi connectivity index (χ1) is 5.56. The van der Waals surface area contributed by atoms with E-state index in [2.05, 4.69) is 23.2 Å². The predicted molar refractivity (Wildman–Crippen MR) is 50.8 cm³/mol. The van der Waals surface area contributed by atoms with Crippen molar-refractivity contribution in [3.8, 4) is 6.07 Å². The number of likely N-dealkylation sites (N-methyl/N-ethyl adjacent to an activating group) is 1. The van der Waals surface area contributed by atoms with Gasteiger partial charge in [-0.2, -0.15) is 5.26 Å². The molecule has 1 N–H and O–H groups in total. The summed E-state index contributed by atoms with van der Waals surface area (Å²) >= 11 is 0. The first-order valence-corrected chi connectivity index (χ1v) is 4.34. The molecule has 0 aromatic rings. The molecular weight excluding hydrogens is 150 g/mol. The summed E-state index contributed by atoms with van der Waals surface area (Å²) < 4.78 is 0. The van der Waals surface area contributed by atoms with E-state index in [1.807, 2.05) is 21.0 Å². The number of nitriles is 1. The number of hydrogen-bond donors (Lipinski definition) is 1. The molecule has 0 heterocycles. The Labute approximate surface area is 75.4 Å². The van der Waals surface area contributed by atoms with Crippen LogP contribution in [-0.2, 0) is 0 Å². The molecule has 0 saturated heterocycles. The Hall–Kier alpha value is -0.590. The maximum atomic E-state index is 8.53. The van der Waals surface area contributed by atoms with Gasteiger partial charge in [0.25, 0.3) is 0 Å². The second kappa shape index (κ2) is 5.99. The molecule has 0 aromatic carbocycles. The highest BCUT2D eigenvalue weighted by molar-refractivity contribution is 4.81. The molecule has 0 aliphatic heterocycles. The Morgan fingerprint density at radius 1 is 1.42 bits per heavy atom. The monoisotopic (exact) mass is 169 g/mol. The van der Waals surface area contributed by atoms with E-state index >= 15 is 0 Å². The Morgan fingerprint density at radius 2 is 2.00 bits per heavy atom. The van der Waals surface area contributed by atoms with Gasteiger partial charge >= 0.3 is 0 Å². The molecule has 3 nitrogen and oxygen atoms in total. The molecule has 2 atom stereocenters. The molecule has 0 bridgehead atoms. The van der Waals surface area contributed by atoms with Crippen LogP contribution in [0, 0.1) is 17.2 Å². The zero-order valence-corrected chi connectivity index (χ0v) is 8.46. The molecule has 2 unspecified atom stereocenters. The van der Waals surface area contributed by atoms with Crippen molar-refractivity contribution in [1.82, 2.24) is 10.2 Å². The molecule has 0 saturated carbocycles. The van der Waals surface area contributed by atoms with Crippen molar-refractivity contribution in [3.05, 3.63) is 0 Å². The van der Waals surface area contributed by atoms with Gasteiger partial charge in [0.05, 0.1) is 12.0 Å². The van der Waals surface area contributed by atoms with Crippen LogP contribution in [0.1, 0.15) is 13.8 Å². The van der Waals surface area contributed by atoms with Gasteiger partial charge in [0.1, 0.15) is 0 Å². The van der Waals surface area contributed by atoms with Crippen LogP contribution in [0.25, 0.3) is 0 Å². The minimum Gasteiger partial charge on any atom is -0.312 e. The average molecular weight is 169 g/mol. The van der Waals surface area contributed by atoms with Crippen LogP contribution < -0.4 is 5.32 Å². The summed E-state index contributed by atoms with van der Waals surface area (Å²) in [5.41, 5.74) is 0. The molecule has 0 aliphatic carbocycles. The molecule has 0 radical (unpaired) electrons. The van der Waals surface area contributed by atoms with E-state index in [1.54, 1.807) is 0 Å². The maximum Gasteiger partial charge on any atom is 0.0666 e. The summed E-state index contributed by atoms with van der Waals surface area (Å²) in [6.45, 7) is 5.85. The molecular formula is C9H19N3. The summed E-state index contributed by atoms with van der Waals surface area (Å²) in [6.07, 6.45) is 0. The summed E-state index contributed by atoms with van der Waals surface area (Å²) in [7, 11) is 4.10. The molecule has 3 heteroatoms. The largest absolute Gasteiger partial charge is 0.312 e. The Bertz CT molecular complexity index is 148. The van der Waals surface area contributed by atoms with E-state index in [0.29, 0.717) is 6.04 Å². The minimum atomic E-state index is 0.106. The van der Waals surface area contributed by atoms with E-state index in [-0.39, 0.29) is 5.92 Å². The fourth-order valence-corrected chi connectivity index (χ4v) is 1.04. The van der Waals surface area contributed by atoms with Gasteiger partial charge in [0, 0.05) is 19.1 Å². The lowest BCUT2D eigenvalue weighted by Gasteiger charge is -2.18. The van der Waals surface area contributed by atoms with Crippen LogP contribution >= 0.6 is 0 Å². The van der Waals surface area contributed by atoms with Crippen LogP contribution in [0.5, 0.6) is 0 Å². The lowest BCUT2D eigenvalue weighted by Crippen LogP contribution is -2.37. The zero-order valence-electron chi connectivity index (χ0n) is 8.46. The van der Waals surface area contributed by atoms with Crippen LogP contribution in [0.3, 0.4) is 0 Å². The highest BCUT2D eigenvalue weighted by atomic mass is 15.1. The average Bonchev–Trinajstić information content (AvgIpc) is 1.99. The van der Waals surface area contributed by atoms with Gasteiger partial charge in [-0.1, -0.05) is 0 Å². The number of rotatable bonds is 5. The van der Waals surface area contributed by atoms with Gasteiger partial charge in [-0.15, -0.1) is 0 Å². The molecule has 0 amide bonds. The first kappa shape index (κ1) is 11.4.